The number of nitriles is 1. The van der Waals surface area contributed by atoms with E-state index < -0.39 is 11.8 Å². The molecule has 0 N–H and O–H groups in total. The zero-order chi connectivity index (χ0) is 20.3. The minimum Gasteiger partial charge on any atom is -0.497 e. The number of methoxy groups -OCH3 is 1. The van der Waals surface area contributed by atoms with E-state index in [1.807, 2.05) is 6.07 Å². The molecule has 6 nitrogen and oxygen atoms in total. The molecule has 0 amide bonds. The number of hydrogen-bond acceptors (Lipinski definition) is 5. The highest BCUT2D eigenvalue weighted by Crippen LogP contribution is 2.33. The standard InChI is InChI=1S/C20H15BrFN3O3/c1-3-28-20(26)18-15(11-23)19(12-4-7-14(27-2)8-5-12)25(24-18)17-9-6-13(22)10-16(17)21/h4-10H,3H2,1-2H3. The molecule has 0 spiro atoms. The Morgan fingerprint density at radius 3 is 2.57 bits per heavy atom. The van der Waals surface area contributed by atoms with Crippen molar-refractivity contribution in [1.82, 2.24) is 9.78 Å². The van der Waals surface area contributed by atoms with E-state index in [1.165, 1.54) is 22.9 Å². The Hall–Kier alpha value is -3.18. The second-order valence-corrected chi connectivity index (χ2v) is 6.49. The topological polar surface area (TPSA) is 77.1 Å². The van der Waals surface area contributed by atoms with Gasteiger partial charge in [-0.3, -0.25) is 0 Å². The summed E-state index contributed by atoms with van der Waals surface area (Å²) < 4.78 is 25.6. The molecule has 0 radical (unpaired) electrons. The summed E-state index contributed by atoms with van der Waals surface area (Å²) in [6.45, 7) is 1.82. The van der Waals surface area contributed by atoms with Gasteiger partial charge >= 0.3 is 5.97 Å². The predicted octanol–water partition coefficient (Wildman–Crippen LogP) is 4.50. The van der Waals surface area contributed by atoms with E-state index >= 15 is 0 Å². The molecule has 0 aliphatic heterocycles. The molecule has 0 unspecified atom stereocenters. The molecule has 28 heavy (non-hydrogen) atoms. The van der Waals surface area contributed by atoms with Crippen LogP contribution in [0.1, 0.15) is 23.0 Å². The fraction of sp³-hybridized carbons (Fsp3) is 0.150. The SMILES string of the molecule is CCOC(=O)c1nn(-c2ccc(F)cc2Br)c(-c2ccc(OC)cc2)c1C#N. The number of halogens is 2. The molecule has 0 aliphatic carbocycles. The van der Waals surface area contributed by atoms with Crippen molar-refractivity contribution in [3.63, 3.8) is 0 Å². The Bertz CT molecular complexity index is 1070. The molecule has 1 aromatic heterocycles. The molecule has 1 heterocycles. The van der Waals surface area contributed by atoms with E-state index in [1.54, 1.807) is 38.3 Å². The van der Waals surface area contributed by atoms with Gasteiger partial charge in [0.05, 0.1) is 25.1 Å². The third kappa shape index (κ3) is 3.62. The van der Waals surface area contributed by atoms with Crippen LogP contribution in [0.2, 0.25) is 0 Å². The molecule has 3 aromatic rings. The first-order valence-electron chi connectivity index (χ1n) is 8.30. The minimum absolute atomic E-state index is 0.0693. The van der Waals surface area contributed by atoms with Crippen LogP contribution in [0.3, 0.4) is 0 Å². The van der Waals surface area contributed by atoms with Crippen LogP contribution in [0.25, 0.3) is 16.9 Å². The Balaban J connectivity index is 2.30. The molecule has 0 fully saturated rings. The number of benzene rings is 2. The van der Waals surface area contributed by atoms with E-state index in [4.69, 9.17) is 9.47 Å². The van der Waals surface area contributed by atoms with Gasteiger partial charge in [0, 0.05) is 10.0 Å². The Labute approximate surface area is 169 Å². The van der Waals surface area contributed by atoms with Gasteiger partial charge in [0.25, 0.3) is 0 Å². The monoisotopic (exact) mass is 443 g/mol. The van der Waals surface area contributed by atoms with Crippen LogP contribution in [0.5, 0.6) is 5.75 Å². The van der Waals surface area contributed by atoms with Gasteiger partial charge < -0.3 is 9.47 Å². The summed E-state index contributed by atoms with van der Waals surface area (Å²) in [6, 6.07) is 13.1. The second kappa shape index (κ2) is 8.23. The molecule has 2 aromatic carbocycles. The number of carbonyl (C=O) groups is 1. The third-order valence-electron chi connectivity index (χ3n) is 3.97. The lowest BCUT2D eigenvalue weighted by Gasteiger charge is -2.10. The van der Waals surface area contributed by atoms with Crippen molar-refractivity contribution in [3.05, 3.63) is 64.0 Å². The summed E-state index contributed by atoms with van der Waals surface area (Å²) in [5.74, 6) is -0.493. The summed E-state index contributed by atoms with van der Waals surface area (Å²) in [4.78, 5) is 12.4. The van der Waals surface area contributed by atoms with Gasteiger partial charge in [0.15, 0.2) is 5.69 Å². The molecule has 0 aliphatic rings. The van der Waals surface area contributed by atoms with Crippen LogP contribution in [0, 0.1) is 17.1 Å². The molecule has 0 saturated carbocycles. The number of hydrogen-bond donors (Lipinski definition) is 0. The van der Waals surface area contributed by atoms with Gasteiger partial charge in [-0.15, -0.1) is 0 Å². The average molecular weight is 444 g/mol. The molecular weight excluding hydrogens is 429 g/mol. The highest BCUT2D eigenvalue weighted by molar-refractivity contribution is 9.10. The molecule has 0 saturated heterocycles. The maximum absolute atomic E-state index is 13.5. The molecule has 8 heteroatoms. The second-order valence-electron chi connectivity index (χ2n) is 5.64. The lowest BCUT2D eigenvalue weighted by Crippen LogP contribution is -2.08. The molecule has 142 valence electrons. The lowest BCUT2D eigenvalue weighted by atomic mass is 10.1. The smallest absolute Gasteiger partial charge is 0.360 e. The molecular formula is C20H15BrFN3O3. The first-order valence-corrected chi connectivity index (χ1v) is 9.09. The van der Waals surface area contributed by atoms with Gasteiger partial charge in [0.1, 0.15) is 23.2 Å². The van der Waals surface area contributed by atoms with E-state index in [2.05, 4.69) is 21.0 Å². The Morgan fingerprint density at radius 2 is 2.00 bits per heavy atom. The van der Waals surface area contributed by atoms with Crippen LogP contribution >= 0.6 is 15.9 Å². The number of esters is 1. The van der Waals surface area contributed by atoms with Gasteiger partial charge in [0.2, 0.25) is 0 Å². The largest absolute Gasteiger partial charge is 0.497 e. The van der Waals surface area contributed by atoms with E-state index in [9.17, 15) is 14.4 Å². The van der Waals surface area contributed by atoms with Crippen molar-refractivity contribution < 1.29 is 18.7 Å². The van der Waals surface area contributed by atoms with Gasteiger partial charge in [-0.25, -0.2) is 13.9 Å². The van der Waals surface area contributed by atoms with E-state index in [-0.39, 0.29) is 17.9 Å². The highest BCUT2D eigenvalue weighted by atomic mass is 79.9. The maximum Gasteiger partial charge on any atom is 0.360 e. The first kappa shape index (κ1) is 19.6. The Kier molecular flexibility index (Phi) is 5.76. The van der Waals surface area contributed by atoms with Crippen molar-refractivity contribution >= 4 is 21.9 Å². The lowest BCUT2D eigenvalue weighted by molar-refractivity contribution is 0.0518. The zero-order valence-corrected chi connectivity index (χ0v) is 16.7. The summed E-state index contributed by atoms with van der Waals surface area (Å²) >= 11 is 3.32. The number of aromatic nitrogens is 2. The highest BCUT2D eigenvalue weighted by Gasteiger charge is 2.26. The zero-order valence-electron chi connectivity index (χ0n) is 15.1. The minimum atomic E-state index is -0.703. The van der Waals surface area contributed by atoms with Crippen molar-refractivity contribution in [2.45, 2.75) is 6.92 Å². The summed E-state index contributed by atoms with van der Waals surface area (Å²) in [5, 5.41) is 14.1. The van der Waals surface area contributed by atoms with E-state index in [0.717, 1.165) is 0 Å². The van der Waals surface area contributed by atoms with Gasteiger partial charge in [-0.2, -0.15) is 10.4 Å². The van der Waals surface area contributed by atoms with Crippen LogP contribution in [-0.4, -0.2) is 29.5 Å². The Morgan fingerprint density at radius 1 is 1.29 bits per heavy atom. The normalized spacial score (nSPS) is 10.4. The van der Waals surface area contributed by atoms with E-state index in [0.29, 0.717) is 27.2 Å². The van der Waals surface area contributed by atoms with Crippen molar-refractivity contribution in [2.24, 2.45) is 0 Å². The van der Waals surface area contributed by atoms with Crippen molar-refractivity contribution in [1.29, 1.82) is 5.26 Å². The van der Waals surface area contributed by atoms with Crippen molar-refractivity contribution in [2.75, 3.05) is 13.7 Å². The summed E-state index contributed by atoms with van der Waals surface area (Å²) in [6.07, 6.45) is 0. The number of nitrogens with zero attached hydrogens (tertiary/aromatic N) is 3. The quantitative estimate of drug-likeness (QED) is 0.542. The van der Waals surface area contributed by atoms with Crippen LogP contribution in [-0.2, 0) is 4.74 Å². The first-order chi connectivity index (χ1) is 13.5. The van der Waals surface area contributed by atoms with Crippen LogP contribution < -0.4 is 4.74 Å². The molecule has 0 bridgehead atoms. The van der Waals surface area contributed by atoms with Gasteiger partial charge in [-0.05, 0) is 65.3 Å². The van der Waals surface area contributed by atoms with Gasteiger partial charge in [-0.1, -0.05) is 0 Å². The van der Waals surface area contributed by atoms with Crippen LogP contribution in [0.15, 0.2) is 46.9 Å². The number of ether oxygens (including phenoxy) is 2. The average Bonchev–Trinajstić information content (AvgIpc) is 3.07. The summed E-state index contributed by atoms with van der Waals surface area (Å²) in [5.41, 5.74) is 1.46. The number of carbonyl (C=O) groups excluding carboxylic acids is 1. The summed E-state index contributed by atoms with van der Waals surface area (Å²) in [7, 11) is 1.55. The number of rotatable bonds is 5. The third-order valence-corrected chi connectivity index (χ3v) is 4.60. The van der Waals surface area contributed by atoms with Crippen LogP contribution in [0.4, 0.5) is 4.39 Å². The van der Waals surface area contributed by atoms with Crippen molar-refractivity contribution in [3.8, 4) is 28.8 Å². The molecule has 3 rings (SSSR count). The maximum atomic E-state index is 13.5. The predicted molar refractivity (Wildman–Crippen MR) is 104 cm³/mol. The fourth-order valence-electron chi connectivity index (χ4n) is 2.71. The molecule has 0 atom stereocenters. The fourth-order valence-corrected chi connectivity index (χ4v) is 3.23.